The van der Waals surface area contributed by atoms with Crippen molar-refractivity contribution < 1.29 is 13.2 Å². The fraction of sp³-hybridized carbons (Fsp3) is 0.350. The summed E-state index contributed by atoms with van der Waals surface area (Å²) in [4.78, 5) is 0.258. The molecule has 1 heterocycles. The minimum Gasteiger partial charge on any atom is -0.497 e. The molecule has 1 saturated heterocycles. The van der Waals surface area contributed by atoms with Gasteiger partial charge in [0, 0.05) is 18.8 Å². The molecule has 150 valence electrons. The van der Waals surface area contributed by atoms with Gasteiger partial charge in [-0.25, -0.2) is 8.42 Å². The number of ether oxygens (including phenoxy) is 1. The van der Waals surface area contributed by atoms with Gasteiger partial charge in [-0.1, -0.05) is 12.5 Å². The van der Waals surface area contributed by atoms with E-state index in [1.807, 2.05) is 37.3 Å². The summed E-state index contributed by atoms with van der Waals surface area (Å²) in [5.74, 6) is 0.748. The Bertz CT molecular complexity index is 938. The van der Waals surface area contributed by atoms with Gasteiger partial charge in [0.05, 0.1) is 12.8 Å². The molecule has 1 aliphatic rings. The molecule has 1 fully saturated rings. The lowest BCUT2D eigenvalue weighted by Gasteiger charge is -2.27. The maximum Gasteiger partial charge on any atom is 0.245 e. The highest BCUT2D eigenvalue weighted by Gasteiger charge is 2.28. The lowest BCUT2D eigenvalue weighted by atomic mass is 10.2. The third-order valence-electron chi connectivity index (χ3n) is 4.67. The predicted molar refractivity (Wildman–Crippen MR) is 117 cm³/mol. The molecule has 0 radical (unpaired) electrons. The number of hydrogen-bond donors (Lipinski definition) is 2. The molecular formula is C20H25N3O3S2. The summed E-state index contributed by atoms with van der Waals surface area (Å²) in [6.45, 7) is 3.00. The van der Waals surface area contributed by atoms with Gasteiger partial charge in [-0.15, -0.1) is 0 Å². The van der Waals surface area contributed by atoms with E-state index in [1.54, 1.807) is 23.5 Å². The zero-order chi connectivity index (χ0) is 20.1. The van der Waals surface area contributed by atoms with Crippen molar-refractivity contribution in [3.05, 3.63) is 48.0 Å². The van der Waals surface area contributed by atoms with Crippen LogP contribution in [0.4, 0.5) is 11.4 Å². The SMILES string of the molecule is COc1ccc(NC(=S)Nc2ccc(C)cc2S(=O)(=O)N2CCCCC2)cc1. The first kappa shape index (κ1) is 20.6. The number of methoxy groups -OCH3 is 1. The number of aryl methyl sites for hydroxylation is 1. The van der Waals surface area contributed by atoms with Crippen LogP contribution >= 0.6 is 12.2 Å². The van der Waals surface area contributed by atoms with Crippen molar-refractivity contribution in [2.45, 2.75) is 31.1 Å². The van der Waals surface area contributed by atoms with Crippen LogP contribution in [0.1, 0.15) is 24.8 Å². The number of anilines is 2. The first-order valence-electron chi connectivity index (χ1n) is 9.23. The maximum atomic E-state index is 13.2. The molecule has 0 spiro atoms. The van der Waals surface area contributed by atoms with Gasteiger partial charge in [0.2, 0.25) is 10.0 Å². The molecule has 0 saturated carbocycles. The first-order valence-corrected chi connectivity index (χ1v) is 11.1. The van der Waals surface area contributed by atoms with Crippen molar-refractivity contribution in [2.75, 3.05) is 30.8 Å². The van der Waals surface area contributed by atoms with Crippen molar-refractivity contribution in [3.63, 3.8) is 0 Å². The molecule has 2 aromatic rings. The molecular weight excluding hydrogens is 394 g/mol. The van der Waals surface area contributed by atoms with E-state index in [4.69, 9.17) is 17.0 Å². The van der Waals surface area contributed by atoms with Gasteiger partial charge in [-0.05, 0) is 73.9 Å². The summed E-state index contributed by atoms with van der Waals surface area (Å²) in [5, 5.41) is 6.44. The number of nitrogens with one attached hydrogen (secondary N) is 2. The molecule has 0 aliphatic carbocycles. The van der Waals surface area contributed by atoms with Crippen molar-refractivity contribution in [2.24, 2.45) is 0 Å². The summed E-state index contributed by atoms with van der Waals surface area (Å²) in [7, 11) is -1.97. The van der Waals surface area contributed by atoms with Gasteiger partial charge in [0.15, 0.2) is 5.11 Å². The van der Waals surface area contributed by atoms with Crippen LogP contribution < -0.4 is 15.4 Å². The number of nitrogens with zero attached hydrogens (tertiary/aromatic N) is 1. The van der Waals surface area contributed by atoms with Crippen LogP contribution in [0.3, 0.4) is 0 Å². The van der Waals surface area contributed by atoms with Crippen LogP contribution in [-0.4, -0.2) is 38.0 Å². The van der Waals surface area contributed by atoms with Gasteiger partial charge in [0.25, 0.3) is 0 Å². The van der Waals surface area contributed by atoms with Crippen LogP contribution in [0.5, 0.6) is 5.75 Å². The second-order valence-electron chi connectivity index (χ2n) is 6.77. The normalized spacial score (nSPS) is 15.1. The molecule has 0 aromatic heterocycles. The van der Waals surface area contributed by atoms with E-state index >= 15 is 0 Å². The second-order valence-corrected chi connectivity index (χ2v) is 9.09. The Morgan fingerprint density at radius 2 is 1.71 bits per heavy atom. The lowest BCUT2D eigenvalue weighted by Crippen LogP contribution is -2.36. The molecule has 6 nitrogen and oxygen atoms in total. The minimum atomic E-state index is -3.58. The number of rotatable bonds is 5. The van der Waals surface area contributed by atoms with Crippen LogP contribution in [0.15, 0.2) is 47.4 Å². The molecule has 0 amide bonds. The van der Waals surface area contributed by atoms with Crippen LogP contribution in [0.2, 0.25) is 0 Å². The van der Waals surface area contributed by atoms with Crippen molar-refractivity contribution in [3.8, 4) is 5.75 Å². The summed E-state index contributed by atoms with van der Waals surface area (Å²) in [6, 6.07) is 12.6. The van der Waals surface area contributed by atoms with E-state index in [-0.39, 0.29) is 4.90 Å². The molecule has 28 heavy (non-hydrogen) atoms. The Kier molecular flexibility index (Phi) is 6.53. The average Bonchev–Trinajstić information content (AvgIpc) is 2.70. The largest absolute Gasteiger partial charge is 0.497 e. The first-order chi connectivity index (χ1) is 13.4. The van der Waals surface area contributed by atoms with Crippen LogP contribution in [0, 0.1) is 6.92 Å². The second kappa shape index (κ2) is 8.89. The fourth-order valence-corrected chi connectivity index (χ4v) is 5.13. The molecule has 2 aromatic carbocycles. The third-order valence-corrected chi connectivity index (χ3v) is 6.81. The summed E-state index contributed by atoms with van der Waals surface area (Å²) >= 11 is 5.39. The third kappa shape index (κ3) is 4.81. The zero-order valence-corrected chi connectivity index (χ0v) is 17.7. The maximum absolute atomic E-state index is 13.2. The van der Waals surface area contributed by atoms with E-state index in [0.717, 1.165) is 36.3 Å². The molecule has 0 bridgehead atoms. The minimum absolute atomic E-state index is 0.258. The molecule has 0 unspecified atom stereocenters. The van der Waals surface area contributed by atoms with E-state index in [9.17, 15) is 8.42 Å². The van der Waals surface area contributed by atoms with E-state index in [2.05, 4.69) is 10.6 Å². The van der Waals surface area contributed by atoms with Crippen molar-refractivity contribution >= 4 is 38.7 Å². The highest BCUT2D eigenvalue weighted by atomic mass is 32.2. The molecule has 2 N–H and O–H groups in total. The Hall–Kier alpha value is -2.16. The summed E-state index contributed by atoms with van der Waals surface area (Å²) in [6.07, 6.45) is 2.86. The summed E-state index contributed by atoms with van der Waals surface area (Å²) < 4.78 is 33.1. The Morgan fingerprint density at radius 3 is 2.36 bits per heavy atom. The van der Waals surface area contributed by atoms with Crippen LogP contribution in [0.25, 0.3) is 0 Å². The molecule has 8 heteroatoms. The van der Waals surface area contributed by atoms with E-state index in [1.165, 1.54) is 0 Å². The van der Waals surface area contributed by atoms with Gasteiger partial charge < -0.3 is 15.4 Å². The average molecular weight is 420 g/mol. The standard InChI is InChI=1S/C20H25N3O3S2/c1-15-6-11-18(19(14-15)28(24,25)23-12-4-3-5-13-23)22-20(27)21-16-7-9-17(26-2)10-8-16/h6-11,14H,3-5,12-13H2,1-2H3,(H2,21,22,27). The Morgan fingerprint density at radius 1 is 1.04 bits per heavy atom. The number of sulfonamides is 1. The Labute approximate surface area is 171 Å². The number of piperidine rings is 1. The van der Waals surface area contributed by atoms with Gasteiger partial charge in [-0.2, -0.15) is 4.31 Å². The quantitative estimate of drug-likeness (QED) is 0.714. The van der Waals surface area contributed by atoms with Gasteiger partial charge in [-0.3, -0.25) is 0 Å². The lowest BCUT2D eigenvalue weighted by molar-refractivity contribution is 0.347. The van der Waals surface area contributed by atoms with Gasteiger partial charge >= 0.3 is 0 Å². The summed E-state index contributed by atoms with van der Waals surface area (Å²) in [5.41, 5.74) is 2.14. The van der Waals surface area contributed by atoms with E-state index < -0.39 is 10.0 Å². The predicted octanol–water partition coefficient (Wildman–Crippen LogP) is 3.99. The highest BCUT2D eigenvalue weighted by molar-refractivity contribution is 7.89. The monoisotopic (exact) mass is 419 g/mol. The topological polar surface area (TPSA) is 70.7 Å². The number of benzene rings is 2. The van der Waals surface area contributed by atoms with Crippen molar-refractivity contribution in [1.82, 2.24) is 4.31 Å². The number of thiocarbonyl (C=S) groups is 1. The van der Waals surface area contributed by atoms with E-state index in [0.29, 0.717) is 23.9 Å². The highest BCUT2D eigenvalue weighted by Crippen LogP contribution is 2.28. The van der Waals surface area contributed by atoms with Crippen LogP contribution in [-0.2, 0) is 10.0 Å². The smallest absolute Gasteiger partial charge is 0.245 e. The molecule has 1 aliphatic heterocycles. The molecule has 0 atom stereocenters. The fourth-order valence-electron chi connectivity index (χ4n) is 3.15. The van der Waals surface area contributed by atoms with Crippen molar-refractivity contribution in [1.29, 1.82) is 0 Å². The van der Waals surface area contributed by atoms with Gasteiger partial charge in [0.1, 0.15) is 10.6 Å². The number of hydrogen-bond acceptors (Lipinski definition) is 4. The zero-order valence-electron chi connectivity index (χ0n) is 16.1. The molecule has 3 rings (SSSR count). The Balaban J connectivity index is 1.80.